The average Bonchev–Trinajstić information content (AvgIpc) is 3.43. The summed E-state index contributed by atoms with van der Waals surface area (Å²) >= 11 is 0. The Balaban J connectivity index is 1.70. The number of nitrogens with zero attached hydrogens (tertiary/aromatic N) is 2. The van der Waals surface area contributed by atoms with E-state index in [1.807, 2.05) is 43.0 Å². The van der Waals surface area contributed by atoms with Gasteiger partial charge in [-0.1, -0.05) is 18.6 Å². The molecule has 2 aliphatic rings. The van der Waals surface area contributed by atoms with Crippen molar-refractivity contribution in [3.8, 4) is 11.5 Å². The highest BCUT2D eigenvalue weighted by atomic mass is 16.5. The number of nitrogens with one attached hydrogen (secondary N) is 1. The summed E-state index contributed by atoms with van der Waals surface area (Å²) in [5.74, 6) is 2.27. The number of carbonyl (C=O) groups is 1. The zero-order chi connectivity index (χ0) is 21.9. The van der Waals surface area contributed by atoms with E-state index in [1.54, 1.807) is 7.11 Å². The van der Waals surface area contributed by atoms with Gasteiger partial charge in [-0.3, -0.25) is 4.79 Å². The van der Waals surface area contributed by atoms with Crippen LogP contribution in [0, 0.1) is 0 Å². The topological polar surface area (TPSA) is 63.2 Å². The Kier molecular flexibility index (Phi) is 6.54. The molecule has 30 heavy (non-hydrogen) atoms. The normalized spacial score (nSPS) is 18.0. The lowest BCUT2D eigenvalue weighted by atomic mass is 9.95. The second-order valence-electron chi connectivity index (χ2n) is 8.53. The van der Waals surface area contributed by atoms with E-state index < -0.39 is 0 Å². The van der Waals surface area contributed by atoms with Crippen LogP contribution in [0.4, 0.5) is 0 Å². The minimum absolute atomic E-state index is 0.0194. The van der Waals surface area contributed by atoms with Gasteiger partial charge in [0.15, 0.2) is 0 Å². The number of benzene rings is 1. The fourth-order valence-electron chi connectivity index (χ4n) is 3.62. The molecular formula is C24H33N3O3. The lowest BCUT2D eigenvalue weighted by molar-refractivity contribution is -0.135. The SMILES string of the molecule is C=N/C(NC1(C)CC1)=C(\CC)C(C(=O)N1CC(Oc2cccc(OC)c2)C1)=C(C)C. The number of allylic oxidation sites excluding steroid dienone is 1. The van der Waals surface area contributed by atoms with Gasteiger partial charge in [0, 0.05) is 22.8 Å². The Morgan fingerprint density at radius 2 is 1.97 bits per heavy atom. The predicted molar refractivity (Wildman–Crippen MR) is 120 cm³/mol. The van der Waals surface area contributed by atoms with Crippen LogP contribution in [0.15, 0.2) is 51.8 Å². The summed E-state index contributed by atoms with van der Waals surface area (Å²) in [5, 5.41) is 3.49. The van der Waals surface area contributed by atoms with Gasteiger partial charge in [-0.25, -0.2) is 4.99 Å². The Morgan fingerprint density at radius 3 is 2.50 bits per heavy atom. The molecule has 1 saturated carbocycles. The molecule has 0 unspecified atom stereocenters. The predicted octanol–water partition coefficient (Wildman–Crippen LogP) is 4.09. The van der Waals surface area contributed by atoms with Crippen molar-refractivity contribution in [2.45, 2.75) is 58.6 Å². The first-order valence-corrected chi connectivity index (χ1v) is 10.6. The molecule has 1 aromatic carbocycles. The van der Waals surface area contributed by atoms with Crippen molar-refractivity contribution in [1.82, 2.24) is 10.2 Å². The van der Waals surface area contributed by atoms with Crippen LogP contribution in [-0.4, -0.2) is 49.4 Å². The van der Waals surface area contributed by atoms with Crippen molar-refractivity contribution in [2.24, 2.45) is 4.99 Å². The number of hydrogen-bond donors (Lipinski definition) is 1. The van der Waals surface area contributed by atoms with Gasteiger partial charge >= 0.3 is 0 Å². The van der Waals surface area contributed by atoms with E-state index in [9.17, 15) is 4.79 Å². The van der Waals surface area contributed by atoms with Crippen LogP contribution in [0.25, 0.3) is 0 Å². The smallest absolute Gasteiger partial charge is 0.254 e. The number of amides is 1. The third kappa shape index (κ3) is 4.86. The highest BCUT2D eigenvalue weighted by Gasteiger charge is 2.39. The summed E-state index contributed by atoms with van der Waals surface area (Å²) in [4.78, 5) is 19.4. The first-order chi connectivity index (χ1) is 14.3. The maximum atomic E-state index is 13.3. The van der Waals surface area contributed by atoms with Crippen LogP contribution in [0.5, 0.6) is 11.5 Å². The van der Waals surface area contributed by atoms with Crippen molar-refractivity contribution in [3.05, 3.63) is 46.8 Å². The van der Waals surface area contributed by atoms with Gasteiger partial charge in [-0.15, -0.1) is 0 Å². The molecule has 2 fully saturated rings. The van der Waals surface area contributed by atoms with Gasteiger partial charge in [-0.05, 0) is 58.9 Å². The van der Waals surface area contributed by atoms with E-state index >= 15 is 0 Å². The van der Waals surface area contributed by atoms with E-state index in [-0.39, 0.29) is 17.6 Å². The Bertz CT molecular complexity index is 873. The highest BCUT2D eigenvalue weighted by Crippen LogP contribution is 2.37. The molecule has 1 aromatic rings. The van der Waals surface area contributed by atoms with Crippen molar-refractivity contribution < 1.29 is 14.3 Å². The molecule has 0 radical (unpaired) electrons. The molecule has 1 heterocycles. The van der Waals surface area contributed by atoms with Gasteiger partial charge in [-0.2, -0.15) is 0 Å². The summed E-state index contributed by atoms with van der Waals surface area (Å²) in [6, 6.07) is 7.53. The fraction of sp³-hybridized carbons (Fsp3) is 0.500. The van der Waals surface area contributed by atoms with Gasteiger partial charge < -0.3 is 19.7 Å². The van der Waals surface area contributed by atoms with E-state index in [0.717, 1.165) is 46.9 Å². The number of ether oxygens (including phenoxy) is 2. The molecule has 1 N–H and O–H groups in total. The molecule has 0 spiro atoms. The van der Waals surface area contributed by atoms with Crippen molar-refractivity contribution in [2.75, 3.05) is 20.2 Å². The molecular weight excluding hydrogens is 378 g/mol. The molecule has 162 valence electrons. The highest BCUT2D eigenvalue weighted by molar-refractivity contribution is 5.99. The number of hydrogen-bond acceptors (Lipinski definition) is 5. The molecule has 6 nitrogen and oxygen atoms in total. The number of methoxy groups -OCH3 is 1. The van der Waals surface area contributed by atoms with Crippen LogP contribution in [0.2, 0.25) is 0 Å². The van der Waals surface area contributed by atoms with E-state index in [0.29, 0.717) is 19.5 Å². The first kappa shape index (κ1) is 21.9. The first-order valence-electron chi connectivity index (χ1n) is 10.6. The summed E-state index contributed by atoms with van der Waals surface area (Å²) < 4.78 is 11.2. The summed E-state index contributed by atoms with van der Waals surface area (Å²) in [6.07, 6.45) is 2.91. The van der Waals surface area contributed by atoms with Crippen LogP contribution in [0.3, 0.4) is 0 Å². The summed E-state index contributed by atoms with van der Waals surface area (Å²) in [5.41, 5.74) is 2.72. The van der Waals surface area contributed by atoms with Crippen LogP contribution in [0.1, 0.15) is 47.0 Å². The molecule has 0 aromatic heterocycles. The van der Waals surface area contributed by atoms with Crippen LogP contribution in [-0.2, 0) is 4.79 Å². The molecule has 0 atom stereocenters. The minimum Gasteiger partial charge on any atom is -0.497 e. The van der Waals surface area contributed by atoms with Gasteiger partial charge in [0.25, 0.3) is 5.91 Å². The number of aliphatic imine (C=N–C) groups is 1. The molecule has 3 rings (SSSR count). The van der Waals surface area contributed by atoms with Crippen molar-refractivity contribution >= 4 is 12.6 Å². The van der Waals surface area contributed by atoms with E-state index in [4.69, 9.17) is 9.47 Å². The Labute approximate surface area is 179 Å². The van der Waals surface area contributed by atoms with Gasteiger partial charge in [0.1, 0.15) is 23.4 Å². The molecule has 0 bridgehead atoms. The van der Waals surface area contributed by atoms with Gasteiger partial charge in [0.05, 0.1) is 20.2 Å². The Morgan fingerprint density at radius 1 is 1.30 bits per heavy atom. The summed E-state index contributed by atoms with van der Waals surface area (Å²) in [6.45, 7) is 13.1. The maximum absolute atomic E-state index is 13.3. The molecule has 1 aliphatic heterocycles. The zero-order valence-corrected chi connectivity index (χ0v) is 18.7. The maximum Gasteiger partial charge on any atom is 0.254 e. The van der Waals surface area contributed by atoms with Crippen LogP contribution >= 0.6 is 0 Å². The summed E-state index contributed by atoms with van der Waals surface area (Å²) in [7, 11) is 1.63. The van der Waals surface area contributed by atoms with E-state index in [2.05, 4.69) is 30.9 Å². The number of carbonyl (C=O) groups excluding carboxylic acids is 1. The molecule has 1 amide bonds. The zero-order valence-electron chi connectivity index (χ0n) is 18.7. The lowest BCUT2D eigenvalue weighted by Gasteiger charge is -2.40. The third-order valence-corrected chi connectivity index (χ3v) is 5.71. The van der Waals surface area contributed by atoms with Gasteiger partial charge in [0.2, 0.25) is 0 Å². The minimum atomic E-state index is -0.0194. The standard InChI is InChI=1S/C24H33N3O3/c1-7-20(22(25-5)26-24(4)11-12-24)21(16(2)3)23(28)27-14-19(15-27)30-18-10-8-9-17(13-18)29-6/h8-10,13,19,26H,5,7,11-12,14-15H2,1-4,6H3/b22-20-. The van der Waals surface area contributed by atoms with Crippen molar-refractivity contribution in [3.63, 3.8) is 0 Å². The third-order valence-electron chi connectivity index (χ3n) is 5.71. The fourth-order valence-corrected chi connectivity index (χ4v) is 3.62. The van der Waals surface area contributed by atoms with E-state index in [1.165, 1.54) is 0 Å². The number of rotatable bonds is 9. The number of likely N-dealkylation sites (tertiary alicyclic amines) is 1. The molecule has 6 heteroatoms. The monoisotopic (exact) mass is 411 g/mol. The second kappa shape index (κ2) is 8.94. The van der Waals surface area contributed by atoms with Crippen LogP contribution < -0.4 is 14.8 Å². The average molecular weight is 412 g/mol. The molecule has 1 aliphatic carbocycles. The molecule has 1 saturated heterocycles. The Hall–Kier alpha value is -2.76. The largest absolute Gasteiger partial charge is 0.497 e. The lowest BCUT2D eigenvalue weighted by Crippen LogP contribution is -2.56. The second-order valence-corrected chi connectivity index (χ2v) is 8.53. The van der Waals surface area contributed by atoms with Crippen molar-refractivity contribution in [1.29, 1.82) is 0 Å². The quantitative estimate of drug-likeness (QED) is 0.378.